The number of methoxy groups -OCH3 is 1. The maximum atomic E-state index is 5.07. The fourth-order valence-corrected chi connectivity index (χ4v) is 1.96. The van der Waals surface area contributed by atoms with Gasteiger partial charge < -0.3 is 9.64 Å². The highest BCUT2D eigenvalue weighted by Gasteiger charge is 2.03. The summed E-state index contributed by atoms with van der Waals surface area (Å²) in [7, 11) is 1.76. The standard InChI is InChI=1S/C15H25NO/c1-4-14-8-10-15(11-9-14)16(5-2)12-6-7-13-17-3/h8-11H,4-7,12-13H2,1-3H3. The molecule has 2 heteroatoms. The van der Waals surface area contributed by atoms with Gasteiger partial charge in [0.25, 0.3) is 0 Å². The first-order valence-electron chi connectivity index (χ1n) is 6.64. The van der Waals surface area contributed by atoms with Crippen molar-refractivity contribution in [3.05, 3.63) is 29.8 Å². The molecule has 0 aliphatic carbocycles. The lowest BCUT2D eigenvalue weighted by Crippen LogP contribution is -2.24. The summed E-state index contributed by atoms with van der Waals surface area (Å²) in [5, 5.41) is 0. The minimum absolute atomic E-state index is 0.867. The Balaban J connectivity index is 2.47. The summed E-state index contributed by atoms with van der Waals surface area (Å²) in [6, 6.07) is 8.93. The Morgan fingerprint density at radius 1 is 1.06 bits per heavy atom. The second-order valence-electron chi connectivity index (χ2n) is 4.30. The van der Waals surface area contributed by atoms with Crippen molar-refractivity contribution < 1.29 is 4.74 Å². The number of unbranched alkanes of at least 4 members (excludes halogenated alkanes) is 1. The Hall–Kier alpha value is -1.02. The van der Waals surface area contributed by atoms with E-state index in [1.807, 2.05) is 0 Å². The van der Waals surface area contributed by atoms with Crippen molar-refractivity contribution in [2.75, 3.05) is 31.7 Å². The molecule has 0 N–H and O–H groups in total. The molecule has 0 radical (unpaired) electrons. The van der Waals surface area contributed by atoms with Crippen LogP contribution in [0.15, 0.2) is 24.3 Å². The molecular weight excluding hydrogens is 210 g/mol. The molecule has 1 aromatic rings. The van der Waals surface area contributed by atoms with Crippen LogP contribution < -0.4 is 4.90 Å². The third-order valence-corrected chi connectivity index (χ3v) is 3.12. The van der Waals surface area contributed by atoms with Gasteiger partial charge in [-0.1, -0.05) is 19.1 Å². The number of benzene rings is 1. The molecule has 1 rings (SSSR count). The van der Waals surface area contributed by atoms with Gasteiger partial charge in [0.15, 0.2) is 0 Å². The molecule has 0 aromatic heterocycles. The Morgan fingerprint density at radius 3 is 2.29 bits per heavy atom. The summed E-state index contributed by atoms with van der Waals surface area (Å²) in [4.78, 5) is 2.43. The Kier molecular flexibility index (Phi) is 6.71. The Labute approximate surface area is 106 Å². The predicted octanol–water partition coefficient (Wildman–Crippen LogP) is 3.50. The quantitative estimate of drug-likeness (QED) is 0.639. The first kappa shape index (κ1) is 14.0. The van der Waals surface area contributed by atoms with Crippen LogP contribution in [0.3, 0.4) is 0 Å². The van der Waals surface area contributed by atoms with E-state index in [1.54, 1.807) is 7.11 Å². The van der Waals surface area contributed by atoms with Crippen LogP contribution in [0.2, 0.25) is 0 Å². The number of aryl methyl sites for hydroxylation is 1. The van der Waals surface area contributed by atoms with E-state index in [-0.39, 0.29) is 0 Å². The number of hydrogen-bond acceptors (Lipinski definition) is 2. The highest BCUT2D eigenvalue weighted by atomic mass is 16.5. The smallest absolute Gasteiger partial charge is 0.0462 e. The van der Waals surface area contributed by atoms with Crippen LogP contribution in [-0.2, 0) is 11.2 Å². The topological polar surface area (TPSA) is 12.5 Å². The van der Waals surface area contributed by atoms with Crippen LogP contribution in [0.25, 0.3) is 0 Å². The van der Waals surface area contributed by atoms with E-state index < -0.39 is 0 Å². The van der Waals surface area contributed by atoms with Crippen molar-refractivity contribution >= 4 is 5.69 Å². The van der Waals surface area contributed by atoms with E-state index in [0.717, 1.165) is 32.5 Å². The highest BCUT2D eigenvalue weighted by Crippen LogP contribution is 2.16. The zero-order chi connectivity index (χ0) is 12.5. The summed E-state index contributed by atoms with van der Waals surface area (Å²) in [5.74, 6) is 0. The monoisotopic (exact) mass is 235 g/mol. The van der Waals surface area contributed by atoms with E-state index in [9.17, 15) is 0 Å². The van der Waals surface area contributed by atoms with Crippen molar-refractivity contribution in [3.8, 4) is 0 Å². The van der Waals surface area contributed by atoms with E-state index in [1.165, 1.54) is 17.7 Å². The molecule has 0 aliphatic rings. The molecule has 1 aromatic carbocycles. The normalized spacial score (nSPS) is 10.5. The molecule has 0 spiro atoms. The van der Waals surface area contributed by atoms with Crippen molar-refractivity contribution in [1.29, 1.82) is 0 Å². The second kappa shape index (κ2) is 8.13. The fourth-order valence-electron chi connectivity index (χ4n) is 1.96. The molecule has 0 aliphatic heterocycles. The lowest BCUT2D eigenvalue weighted by molar-refractivity contribution is 0.193. The first-order chi connectivity index (χ1) is 8.31. The van der Waals surface area contributed by atoms with E-state index >= 15 is 0 Å². The summed E-state index contributed by atoms with van der Waals surface area (Å²) in [6.07, 6.45) is 3.44. The van der Waals surface area contributed by atoms with E-state index in [4.69, 9.17) is 4.74 Å². The lowest BCUT2D eigenvalue weighted by atomic mass is 10.1. The molecule has 17 heavy (non-hydrogen) atoms. The van der Waals surface area contributed by atoms with Gasteiger partial charge in [-0.2, -0.15) is 0 Å². The molecule has 2 nitrogen and oxygen atoms in total. The molecule has 0 amide bonds. The molecule has 0 heterocycles. The highest BCUT2D eigenvalue weighted by molar-refractivity contribution is 5.47. The van der Waals surface area contributed by atoms with Crippen LogP contribution in [0, 0.1) is 0 Å². The van der Waals surface area contributed by atoms with E-state index in [0.29, 0.717) is 0 Å². The van der Waals surface area contributed by atoms with Gasteiger partial charge in [0.05, 0.1) is 0 Å². The summed E-state index contributed by atoms with van der Waals surface area (Å²) >= 11 is 0. The molecule has 0 bridgehead atoms. The van der Waals surface area contributed by atoms with Gasteiger partial charge in [0.2, 0.25) is 0 Å². The maximum Gasteiger partial charge on any atom is 0.0462 e. The Morgan fingerprint density at radius 2 is 1.76 bits per heavy atom. The Bertz CT molecular complexity index is 294. The number of nitrogens with zero attached hydrogens (tertiary/aromatic N) is 1. The van der Waals surface area contributed by atoms with Gasteiger partial charge in [-0.15, -0.1) is 0 Å². The fraction of sp³-hybridized carbons (Fsp3) is 0.600. The summed E-state index contributed by atoms with van der Waals surface area (Å²) in [6.45, 7) is 7.46. The molecule has 0 saturated heterocycles. The lowest BCUT2D eigenvalue weighted by Gasteiger charge is -2.23. The minimum atomic E-state index is 0.867. The number of hydrogen-bond donors (Lipinski definition) is 0. The van der Waals surface area contributed by atoms with Crippen molar-refractivity contribution in [2.24, 2.45) is 0 Å². The van der Waals surface area contributed by atoms with Crippen LogP contribution in [-0.4, -0.2) is 26.8 Å². The largest absolute Gasteiger partial charge is 0.385 e. The predicted molar refractivity (Wildman–Crippen MR) is 74.8 cm³/mol. The third kappa shape index (κ3) is 4.78. The van der Waals surface area contributed by atoms with Crippen LogP contribution >= 0.6 is 0 Å². The van der Waals surface area contributed by atoms with Gasteiger partial charge in [-0.25, -0.2) is 0 Å². The zero-order valence-electron chi connectivity index (χ0n) is 11.4. The average Bonchev–Trinajstić information content (AvgIpc) is 2.39. The number of anilines is 1. The van der Waals surface area contributed by atoms with Crippen molar-refractivity contribution in [3.63, 3.8) is 0 Å². The third-order valence-electron chi connectivity index (χ3n) is 3.12. The van der Waals surface area contributed by atoms with Crippen molar-refractivity contribution in [2.45, 2.75) is 33.1 Å². The first-order valence-corrected chi connectivity index (χ1v) is 6.64. The van der Waals surface area contributed by atoms with E-state index in [2.05, 4.69) is 43.0 Å². The SMILES string of the molecule is CCc1ccc(N(CC)CCCCOC)cc1. The molecule has 96 valence electrons. The maximum absolute atomic E-state index is 5.07. The van der Waals surface area contributed by atoms with Gasteiger partial charge in [-0.3, -0.25) is 0 Å². The second-order valence-corrected chi connectivity index (χ2v) is 4.30. The minimum Gasteiger partial charge on any atom is -0.385 e. The molecule has 0 saturated carbocycles. The number of rotatable bonds is 8. The van der Waals surface area contributed by atoms with Crippen LogP contribution in [0.1, 0.15) is 32.3 Å². The number of ether oxygens (including phenoxy) is 1. The van der Waals surface area contributed by atoms with Gasteiger partial charge >= 0.3 is 0 Å². The molecule has 0 fully saturated rings. The summed E-state index contributed by atoms with van der Waals surface area (Å²) < 4.78 is 5.07. The average molecular weight is 235 g/mol. The van der Waals surface area contributed by atoms with Gasteiger partial charge in [0, 0.05) is 32.5 Å². The molecular formula is C15H25NO. The van der Waals surface area contributed by atoms with Crippen LogP contribution in [0.4, 0.5) is 5.69 Å². The van der Waals surface area contributed by atoms with Crippen molar-refractivity contribution in [1.82, 2.24) is 0 Å². The molecule has 0 atom stereocenters. The van der Waals surface area contributed by atoms with Gasteiger partial charge in [0.1, 0.15) is 0 Å². The summed E-state index contributed by atoms with van der Waals surface area (Å²) in [5.41, 5.74) is 2.74. The van der Waals surface area contributed by atoms with Gasteiger partial charge in [-0.05, 0) is 43.9 Å². The molecule has 0 unspecified atom stereocenters. The zero-order valence-corrected chi connectivity index (χ0v) is 11.4. The van der Waals surface area contributed by atoms with Crippen LogP contribution in [0.5, 0.6) is 0 Å².